The molecule has 0 bridgehead atoms. The fraction of sp³-hybridized carbons (Fsp3) is 0.533. The summed E-state index contributed by atoms with van der Waals surface area (Å²) in [6.07, 6.45) is 0.918. The van der Waals surface area contributed by atoms with Crippen LogP contribution in [-0.2, 0) is 4.79 Å². The van der Waals surface area contributed by atoms with E-state index in [0.717, 1.165) is 33.3 Å². The van der Waals surface area contributed by atoms with Gasteiger partial charge in [-0.2, -0.15) is 0 Å². The molecular formula is C15H22BrNO2. The molecule has 0 heterocycles. The molecule has 0 fully saturated rings. The predicted molar refractivity (Wildman–Crippen MR) is 81.7 cm³/mol. The zero-order chi connectivity index (χ0) is 14.6. The molecule has 1 aromatic carbocycles. The third-order valence-corrected chi connectivity index (χ3v) is 4.55. The number of ether oxygens (including phenoxy) is 1. The van der Waals surface area contributed by atoms with Gasteiger partial charge in [-0.25, -0.2) is 0 Å². The lowest BCUT2D eigenvalue weighted by Gasteiger charge is -2.15. The van der Waals surface area contributed by atoms with Crippen molar-refractivity contribution in [2.24, 2.45) is 0 Å². The van der Waals surface area contributed by atoms with Gasteiger partial charge < -0.3 is 10.1 Å². The molecule has 19 heavy (non-hydrogen) atoms. The van der Waals surface area contributed by atoms with E-state index in [0.29, 0.717) is 0 Å². The Morgan fingerprint density at radius 3 is 2.58 bits per heavy atom. The minimum atomic E-state index is -0.0769. The summed E-state index contributed by atoms with van der Waals surface area (Å²) in [5, 5.41) is 2.89. The number of nitrogens with one attached hydrogen (secondary N) is 1. The van der Waals surface area contributed by atoms with Crippen molar-refractivity contribution in [3.8, 4) is 5.75 Å². The maximum Gasteiger partial charge on any atom is 0.258 e. The summed E-state index contributed by atoms with van der Waals surface area (Å²) >= 11 is 3.55. The first-order valence-corrected chi connectivity index (χ1v) is 7.34. The Morgan fingerprint density at radius 2 is 2.00 bits per heavy atom. The Kier molecular flexibility index (Phi) is 5.85. The average molecular weight is 328 g/mol. The number of carbonyl (C=O) groups excluding carboxylic acids is 1. The molecule has 0 saturated heterocycles. The number of halogens is 1. The lowest BCUT2D eigenvalue weighted by Crippen LogP contribution is -2.35. The SMILES string of the molecule is CC[C@H](C)NC(=O)COc1cc(C)c(Br)c(C)c1C. The minimum absolute atomic E-state index is 0.0612. The number of hydrogen-bond acceptors (Lipinski definition) is 2. The molecule has 0 aliphatic rings. The fourth-order valence-electron chi connectivity index (χ4n) is 1.73. The molecule has 1 N–H and O–H groups in total. The van der Waals surface area contributed by atoms with Crippen molar-refractivity contribution >= 4 is 21.8 Å². The Balaban J connectivity index is 2.71. The van der Waals surface area contributed by atoms with E-state index in [4.69, 9.17) is 4.74 Å². The largest absolute Gasteiger partial charge is 0.483 e. The number of hydrogen-bond donors (Lipinski definition) is 1. The summed E-state index contributed by atoms with van der Waals surface area (Å²) < 4.78 is 6.73. The molecule has 1 rings (SSSR count). The summed E-state index contributed by atoms with van der Waals surface area (Å²) in [6, 6.07) is 2.15. The van der Waals surface area contributed by atoms with E-state index in [1.54, 1.807) is 0 Å². The molecule has 0 aliphatic heterocycles. The van der Waals surface area contributed by atoms with Gasteiger partial charge in [0.05, 0.1) is 0 Å². The second-order valence-electron chi connectivity index (χ2n) is 4.92. The van der Waals surface area contributed by atoms with Gasteiger partial charge in [0, 0.05) is 10.5 Å². The van der Waals surface area contributed by atoms with Crippen LogP contribution in [0.15, 0.2) is 10.5 Å². The molecule has 106 valence electrons. The summed E-state index contributed by atoms with van der Waals surface area (Å²) in [5.74, 6) is 0.699. The van der Waals surface area contributed by atoms with Gasteiger partial charge in [-0.15, -0.1) is 0 Å². The van der Waals surface area contributed by atoms with Gasteiger partial charge in [0.25, 0.3) is 5.91 Å². The second kappa shape index (κ2) is 6.94. The highest BCUT2D eigenvalue weighted by atomic mass is 79.9. The van der Waals surface area contributed by atoms with Crippen molar-refractivity contribution in [3.05, 3.63) is 27.2 Å². The van der Waals surface area contributed by atoms with Crippen LogP contribution in [0.25, 0.3) is 0 Å². The molecule has 1 aromatic rings. The summed E-state index contributed by atoms with van der Waals surface area (Å²) in [7, 11) is 0. The van der Waals surface area contributed by atoms with E-state index < -0.39 is 0 Å². The minimum Gasteiger partial charge on any atom is -0.483 e. The van der Waals surface area contributed by atoms with E-state index in [1.165, 1.54) is 0 Å². The first-order valence-electron chi connectivity index (χ1n) is 6.55. The lowest BCUT2D eigenvalue weighted by molar-refractivity contribution is -0.123. The molecule has 0 aromatic heterocycles. The van der Waals surface area contributed by atoms with Crippen molar-refractivity contribution in [1.82, 2.24) is 5.32 Å². The molecule has 0 spiro atoms. The van der Waals surface area contributed by atoms with Crippen LogP contribution in [0.4, 0.5) is 0 Å². The highest BCUT2D eigenvalue weighted by Gasteiger charge is 2.11. The summed E-state index contributed by atoms with van der Waals surface area (Å²) in [4.78, 5) is 11.7. The van der Waals surface area contributed by atoms with Gasteiger partial charge in [-0.05, 0) is 56.9 Å². The number of aryl methyl sites for hydroxylation is 1. The van der Waals surface area contributed by atoms with Gasteiger partial charge in [-0.3, -0.25) is 4.79 Å². The monoisotopic (exact) mass is 327 g/mol. The quantitative estimate of drug-likeness (QED) is 0.896. The predicted octanol–water partition coefficient (Wildman–Crippen LogP) is 3.67. The van der Waals surface area contributed by atoms with Crippen LogP contribution < -0.4 is 10.1 Å². The standard InChI is InChI=1S/C15H22BrNO2/c1-6-10(3)17-14(18)8-19-13-7-9(2)15(16)12(5)11(13)4/h7,10H,6,8H2,1-5H3,(H,17,18)/t10-/m0/s1. The zero-order valence-corrected chi connectivity index (χ0v) is 13.8. The van der Waals surface area contributed by atoms with Gasteiger partial charge in [0.2, 0.25) is 0 Å². The number of amides is 1. The normalized spacial score (nSPS) is 12.1. The second-order valence-corrected chi connectivity index (χ2v) is 5.71. The Hall–Kier alpha value is -1.03. The van der Waals surface area contributed by atoms with Crippen LogP contribution in [0.1, 0.15) is 37.0 Å². The Morgan fingerprint density at radius 1 is 1.37 bits per heavy atom. The van der Waals surface area contributed by atoms with Crippen molar-refractivity contribution in [2.45, 2.75) is 47.1 Å². The molecule has 0 aliphatic carbocycles. The van der Waals surface area contributed by atoms with Crippen molar-refractivity contribution in [3.63, 3.8) is 0 Å². The highest BCUT2D eigenvalue weighted by Crippen LogP contribution is 2.31. The summed E-state index contributed by atoms with van der Waals surface area (Å²) in [6.45, 7) is 10.1. The maximum absolute atomic E-state index is 11.7. The van der Waals surface area contributed by atoms with Crippen LogP contribution >= 0.6 is 15.9 Å². The first kappa shape index (κ1) is 16.0. The van der Waals surface area contributed by atoms with Crippen LogP contribution in [0.3, 0.4) is 0 Å². The Bertz CT molecular complexity index is 472. The maximum atomic E-state index is 11.7. The molecule has 0 unspecified atom stereocenters. The van der Waals surface area contributed by atoms with E-state index in [-0.39, 0.29) is 18.6 Å². The van der Waals surface area contributed by atoms with Gasteiger partial charge in [0.1, 0.15) is 5.75 Å². The number of rotatable bonds is 5. The van der Waals surface area contributed by atoms with Crippen LogP contribution in [0.2, 0.25) is 0 Å². The van der Waals surface area contributed by atoms with E-state index in [1.807, 2.05) is 40.7 Å². The van der Waals surface area contributed by atoms with Crippen molar-refractivity contribution in [1.29, 1.82) is 0 Å². The number of carbonyl (C=O) groups is 1. The third-order valence-electron chi connectivity index (χ3n) is 3.33. The Labute approximate surface area is 123 Å². The molecule has 1 atom stereocenters. The van der Waals surface area contributed by atoms with Crippen molar-refractivity contribution < 1.29 is 9.53 Å². The van der Waals surface area contributed by atoms with Gasteiger partial charge in [-0.1, -0.05) is 22.9 Å². The summed E-state index contributed by atoms with van der Waals surface area (Å²) in [5.41, 5.74) is 3.33. The van der Waals surface area contributed by atoms with Crippen LogP contribution in [0.5, 0.6) is 5.75 Å². The third kappa shape index (κ3) is 4.23. The van der Waals surface area contributed by atoms with Crippen molar-refractivity contribution in [2.75, 3.05) is 6.61 Å². The zero-order valence-electron chi connectivity index (χ0n) is 12.3. The molecule has 1 amide bonds. The highest BCUT2D eigenvalue weighted by molar-refractivity contribution is 9.10. The molecule has 4 heteroatoms. The van der Waals surface area contributed by atoms with E-state index in [2.05, 4.69) is 21.2 Å². The molecule has 0 saturated carbocycles. The number of benzene rings is 1. The smallest absolute Gasteiger partial charge is 0.258 e. The topological polar surface area (TPSA) is 38.3 Å². The van der Waals surface area contributed by atoms with Gasteiger partial charge >= 0.3 is 0 Å². The van der Waals surface area contributed by atoms with E-state index in [9.17, 15) is 4.79 Å². The van der Waals surface area contributed by atoms with Crippen LogP contribution in [-0.4, -0.2) is 18.6 Å². The lowest BCUT2D eigenvalue weighted by atomic mass is 10.1. The molecular weight excluding hydrogens is 306 g/mol. The van der Waals surface area contributed by atoms with Crippen LogP contribution in [0, 0.1) is 20.8 Å². The first-order chi connectivity index (χ1) is 8.86. The average Bonchev–Trinajstić information content (AvgIpc) is 2.38. The van der Waals surface area contributed by atoms with E-state index >= 15 is 0 Å². The fourth-order valence-corrected chi connectivity index (χ4v) is 2.14. The molecule has 3 nitrogen and oxygen atoms in total. The molecule has 0 radical (unpaired) electrons. The van der Waals surface area contributed by atoms with Gasteiger partial charge in [0.15, 0.2) is 6.61 Å².